The van der Waals surface area contributed by atoms with Crippen molar-refractivity contribution < 1.29 is 13.2 Å². The smallest absolute Gasteiger partial charge is 0.203 e. The van der Waals surface area contributed by atoms with Crippen molar-refractivity contribution in [1.29, 1.82) is 0 Å². The second kappa shape index (κ2) is 3.47. The lowest BCUT2D eigenvalue weighted by atomic mass is 10.2. The minimum Gasteiger partial charge on any atom is -0.303 e. The molecular weight excluding hydrogens is 236 g/mol. The number of carbonyl (C=O) groups is 1. The van der Waals surface area contributed by atoms with E-state index in [-0.39, 0.29) is 16.2 Å². The zero-order valence-electron chi connectivity index (χ0n) is 7.60. The van der Waals surface area contributed by atoms with Crippen molar-refractivity contribution in [2.45, 2.75) is 11.3 Å². The molecule has 0 spiro atoms. The van der Waals surface area contributed by atoms with Gasteiger partial charge in [-0.2, -0.15) is 0 Å². The number of halogens is 1. The largest absolute Gasteiger partial charge is 0.303 e. The van der Waals surface area contributed by atoms with Gasteiger partial charge >= 0.3 is 0 Å². The van der Waals surface area contributed by atoms with Crippen molar-refractivity contribution in [3.8, 4) is 0 Å². The Kier molecular flexibility index (Phi) is 2.40. The molecule has 0 radical (unpaired) electrons. The van der Waals surface area contributed by atoms with E-state index >= 15 is 0 Å². The van der Waals surface area contributed by atoms with Crippen LogP contribution in [0, 0.1) is 0 Å². The second-order valence-electron chi connectivity index (χ2n) is 3.17. The van der Waals surface area contributed by atoms with Gasteiger partial charge < -0.3 is 4.79 Å². The van der Waals surface area contributed by atoms with Crippen LogP contribution < -0.4 is 0 Å². The molecule has 1 heterocycles. The molecule has 3 nitrogen and oxygen atoms in total. The molecule has 0 bridgehead atoms. The highest BCUT2D eigenvalue weighted by molar-refractivity contribution is 7.95. The van der Waals surface area contributed by atoms with Gasteiger partial charge in [0.25, 0.3) is 0 Å². The molecule has 0 unspecified atom stereocenters. The van der Waals surface area contributed by atoms with Gasteiger partial charge in [0.15, 0.2) is 0 Å². The van der Waals surface area contributed by atoms with Gasteiger partial charge in [0.2, 0.25) is 9.84 Å². The number of fused-ring (bicyclic) bond motifs is 1. The average Bonchev–Trinajstić information content (AvgIpc) is 2.41. The Labute approximate surface area is 92.3 Å². The molecular formula is C10H7ClO3S. The van der Waals surface area contributed by atoms with Crippen LogP contribution >= 0.6 is 11.6 Å². The molecule has 0 N–H and O–H groups in total. The molecule has 15 heavy (non-hydrogen) atoms. The predicted octanol–water partition coefficient (Wildman–Crippen LogP) is 2.06. The summed E-state index contributed by atoms with van der Waals surface area (Å²) in [6.45, 7) is 0. The summed E-state index contributed by atoms with van der Waals surface area (Å²) in [5, 5.41) is 0.373. The van der Waals surface area contributed by atoms with Crippen molar-refractivity contribution in [3.05, 3.63) is 33.7 Å². The first kappa shape index (κ1) is 10.4. The van der Waals surface area contributed by atoms with Gasteiger partial charge in [0, 0.05) is 11.4 Å². The maximum absolute atomic E-state index is 11.8. The maximum atomic E-state index is 11.8. The molecule has 2 rings (SSSR count). The van der Waals surface area contributed by atoms with E-state index in [2.05, 4.69) is 0 Å². The van der Waals surface area contributed by atoms with Gasteiger partial charge in [-0.25, -0.2) is 8.42 Å². The highest BCUT2D eigenvalue weighted by atomic mass is 35.5. The van der Waals surface area contributed by atoms with Crippen LogP contribution in [0.1, 0.15) is 12.0 Å². The van der Waals surface area contributed by atoms with E-state index in [0.29, 0.717) is 16.9 Å². The van der Waals surface area contributed by atoms with Gasteiger partial charge in [0.05, 0.1) is 9.80 Å². The highest BCUT2D eigenvalue weighted by Crippen LogP contribution is 2.35. The number of rotatable bonds is 2. The van der Waals surface area contributed by atoms with Crippen molar-refractivity contribution in [2.75, 3.05) is 0 Å². The van der Waals surface area contributed by atoms with Crippen LogP contribution in [0.15, 0.2) is 28.0 Å². The van der Waals surface area contributed by atoms with E-state index in [1.807, 2.05) is 0 Å². The second-order valence-corrected chi connectivity index (χ2v) is 5.57. The minimum atomic E-state index is -3.49. The Morgan fingerprint density at radius 1 is 1.33 bits per heavy atom. The van der Waals surface area contributed by atoms with Crippen LogP contribution in [0.25, 0.3) is 6.08 Å². The summed E-state index contributed by atoms with van der Waals surface area (Å²) >= 11 is 5.72. The van der Waals surface area contributed by atoms with Gasteiger partial charge in [0.1, 0.15) is 6.29 Å². The summed E-state index contributed by atoms with van der Waals surface area (Å²) in [7, 11) is -3.49. The fourth-order valence-electron chi connectivity index (χ4n) is 1.50. The molecule has 1 aromatic rings. The van der Waals surface area contributed by atoms with Crippen molar-refractivity contribution in [1.82, 2.24) is 0 Å². The molecule has 0 fully saturated rings. The number of hydrogen-bond donors (Lipinski definition) is 0. The lowest BCUT2D eigenvalue weighted by Gasteiger charge is -2.00. The fraction of sp³-hybridized carbons (Fsp3) is 0.100. The fourth-order valence-corrected chi connectivity index (χ4v) is 3.31. The highest BCUT2D eigenvalue weighted by Gasteiger charge is 2.28. The molecule has 1 aliphatic heterocycles. The zero-order valence-corrected chi connectivity index (χ0v) is 9.18. The van der Waals surface area contributed by atoms with Crippen LogP contribution in [0.5, 0.6) is 0 Å². The zero-order chi connectivity index (χ0) is 11.1. The van der Waals surface area contributed by atoms with Crippen LogP contribution in [0.4, 0.5) is 0 Å². The van der Waals surface area contributed by atoms with E-state index in [1.165, 1.54) is 12.1 Å². The number of benzene rings is 1. The number of carbonyl (C=O) groups excluding carboxylic acids is 1. The predicted molar refractivity (Wildman–Crippen MR) is 57.3 cm³/mol. The average molecular weight is 243 g/mol. The summed E-state index contributed by atoms with van der Waals surface area (Å²) in [5.74, 6) is 0. The lowest BCUT2D eigenvalue weighted by Crippen LogP contribution is -2.00. The van der Waals surface area contributed by atoms with E-state index in [4.69, 9.17) is 11.6 Å². The normalized spacial score (nSPS) is 17.0. The summed E-state index contributed by atoms with van der Waals surface area (Å²) in [6.07, 6.45) is 2.00. The number of hydrogen-bond acceptors (Lipinski definition) is 3. The standard InChI is InChI=1S/C10H7ClO3S/c11-8-2-1-7-5-9(3-4-12)15(13,14)10(7)6-8/h1-2,4-6H,3H2. The third-order valence-electron chi connectivity index (χ3n) is 2.21. The summed E-state index contributed by atoms with van der Waals surface area (Å²) < 4.78 is 23.7. The quantitative estimate of drug-likeness (QED) is 0.746. The molecule has 5 heteroatoms. The lowest BCUT2D eigenvalue weighted by molar-refractivity contribution is -0.107. The monoisotopic (exact) mass is 242 g/mol. The Hall–Kier alpha value is -1.13. The molecule has 1 aromatic carbocycles. The first-order chi connectivity index (χ1) is 7.05. The number of allylic oxidation sites excluding steroid dienone is 1. The summed E-state index contributed by atoms with van der Waals surface area (Å²) in [5.41, 5.74) is 0.594. The molecule has 0 saturated carbocycles. The molecule has 0 saturated heterocycles. The van der Waals surface area contributed by atoms with Crippen LogP contribution in [0.2, 0.25) is 5.02 Å². The first-order valence-corrected chi connectivity index (χ1v) is 6.10. The van der Waals surface area contributed by atoms with Gasteiger partial charge in [-0.05, 0) is 23.8 Å². The van der Waals surface area contributed by atoms with E-state index < -0.39 is 9.84 Å². The van der Waals surface area contributed by atoms with E-state index in [9.17, 15) is 13.2 Å². The van der Waals surface area contributed by atoms with E-state index in [1.54, 1.807) is 12.1 Å². The van der Waals surface area contributed by atoms with Gasteiger partial charge in [-0.15, -0.1) is 0 Å². The molecule has 0 atom stereocenters. The first-order valence-electron chi connectivity index (χ1n) is 4.24. The Bertz CT molecular complexity index is 558. The molecule has 1 aliphatic rings. The number of aldehydes is 1. The van der Waals surface area contributed by atoms with Gasteiger partial charge in [-0.1, -0.05) is 17.7 Å². The maximum Gasteiger partial charge on any atom is 0.203 e. The van der Waals surface area contributed by atoms with Crippen LogP contribution in [-0.2, 0) is 14.6 Å². The van der Waals surface area contributed by atoms with E-state index in [0.717, 1.165) is 0 Å². The minimum absolute atomic E-state index is 0.0887. The van der Waals surface area contributed by atoms with Crippen molar-refractivity contribution >= 4 is 33.8 Å². The molecule has 0 aliphatic carbocycles. The number of sulfone groups is 1. The van der Waals surface area contributed by atoms with Gasteiger partial charge in [-0.3, -0.25) is 0 Å². The summed E-state index contributed by atoms with van der Waals surface area (Å²) in [4.78, 5) is 10.7. The van der Waals surface area contributed by atoms with Crippen molar-refractivity contribution in [3.63, 3.8) is 0 Å². The third kappa shape index (κ3) is 1.60. The third-order valence-corrected chi connectivity index (χ3v) is 4.35. The SMILES string of the molecule is O=CCC1=Cc2ccc(Cl)cc2S1(=O)=O. The topological polar surface area (TPSA) is 51.2 Å². The Morgan fingerprint density at radius 3 is 2.73 bits per heavy atom. The van der Waals surface area contributed by atoms with Crippen molar-refractivity contribution in [2.24, 2.45) is 0 Å². The Morgan fingerprint density at radius 2 is 2.07 bits per heavy atom. The Balaban J connectivity index is 2.63. The van der Waals surface area contributed by atoms with Crippen LogP contribution in [0.3, 0.4) is 0 Å². The molecule has 0 amide bonds. The summed E-state index contributed by atoms with van der Waals surface area (Å²) in [6, 6.07) is 4.66. The molecule has 78 valence electrons. The van der Waals surface area contributed by atoms with Crippen LogP contribution in [-0.4, -0.2) is 14.7 Å². The molecule has 0 aromatic heterocycles.